The molecule has 13 heavy (non-hydrogen) atoms. The third-order valence-electron chi connectivity index (χ3n) is 2.29. The van der Waals surface area contributed by atoms with Gasteiger partial charge in [-0.25, -0.2) is 8.78 Å². The first-order chi connectivity index (χ1) is 6.08. The van der Waals surface area contributed by atoms with Gasteiger partial charge in [-0.2, -0.15) is 0 Å². The Bertz CT molecular complexity index is 164. The Kier molecular flexibility index (Phi) is 3.58. The van der Waals surface area contributed by atoms with E-state index in [0.717, 1.165) is 12.8 Å². The van der Waals surface area contributed by atoms with Gasteiger partial charge in [0.2, 0.25) is 0 Å². The van der Waals surface area contributed by atoms with E-state index in [4.69, 9.17) is 5.73 Å². The van der Waals surface area contributed by atoms with E-state index in [2.05, 4.69) is 4.74 Å². The summed E-state index contributed by atoms with van der Waals surface area (Å²) in [6, 6.07) is 0. The van der Waals surface area contributed by atoms with Crippen LogP contribution in [-0.2, 0) is 4.74 Å². The molecule has 0 spiro atoms. The molecule has 0 aromatic heterocycles. The quantitative estimate of drug-likeness (QED) is 0.643. The highest BCUT2D eigenvalue weighted by Crippen LogP contribution is 2.39. The van der Waals surface area contributed by atoms with Crippen LogP contribution in [0, 0.1) is 5.92 Å². The van der Waals surface area contributed by atoms with Gasteiger partial charge in [0.05, 0.1) is 6.61 Å². The van der Waals surface area contributed by atoms with Crippen molar-refractivity contribution in [2.45, 2.75) is 24.9 Å². The van der Waals surface area contributed by atoms with E-state index in [0.29, 0.717) is 0 Å². The monoisotopic (exact) mass is 195 g/mol. The molecule has 0 saturated heterocycles. The average molecular weight is 195 g/mol. The zero-order valence-electron chi connectivity index (χ0n) is 7.38. The third kappa shape index (κ3) is 3.17. The molecule has 0 aromatic rings. The van der Waals surface area contributed by atoms with E-state index in [1.807, 2.05) is 0 Å². The lowest BCUT2D eigenvalue weighted by Crippen LogP contribution is -2.44. The predicted molar refractivity (Wildman–Crippen MR) is 43.6 cm³/mol. The van der Waals surface area contributed by atoms with Crippen LogP contribution in [0.15, 0.2) is 0 Å². The van der Waals surface area contributed by atoms with Crippen LogP contribution in [0.3, 0.4) is 0 Å². The molecule has 0 heterocycles. The van der Waals surface area contributed by atoms with E-state index < -0.39 is 18.6 Å². The number of halogens is 2. The Morgan fingerprint density at radius 2 is 2.15 bits per heavy atom. The topological polar surface area (TPSA) is 55.5 Å². The van der Waals surface area contributed by atoms with E-state index in [1.54, 1.807) is 0 Å². The number of ether oxygens (including phenoxy) is 1. The highest BCUT2D eigenvalue weighted by atomic mass is 19.3. The normalized spacial score (nSPS) is 21.9. The zero-order chi connectivity index (χ0) is 9.90. The maximum Gasteiger partial charge on any atom is 0.261 e. The molecule has 1 aliphatic rings. The highest BCUT2D eigenvalue weighted by molar-refractivity contribution is 4.95. The molecule has 0 radical (unpaired) electrons. The summed E-state index contributed by atoms with van der Waals surface area (Å²) in [6.45, 7) is -0.644. The molecular weight excluding hydrogens is 180 g/mol. The summed E-state index contributed by atoms with van der Waals surface area (Å²) in [5.74, 6) is 0.134. The molecule has 3 N–H and O–H groups in total. The first kappa shape index (κ1) is 10.8. The predicted octanol–water partition coefficient (Wildman–Crippen LogP) is 0.368. The number of alkyl halides is 2. The van der Waals surface area contributed by atoms with Crippen molar-refractivity contribution in [1.29, 1.82) is 0 Å². The van der Waals surface area contributed by atoms with Crippen LogP contribution < -0.4 is 5.73 Å². The van der Waals surface area contributed by atoms with E-state index in [-0.39, 0.29) is 19.1 Å². The molecular formula is C8H15F2NO2. The summed E-state index contributed by atoms with van der Waals surface area (Å²) < 4.78 is 28.1. The molecule has 5 heteroatoms. The van der Waals surface area contributed by atoms with E-state index in [9.17, 15) is 13.9 Å². The van der Waals surface area contributed by atoms with Gasteiger partial charge in [-0.1, -0.05) is 0 Å². The standard InChI is InChI=1S/C8H15F2NO2/c9-7(10)3-13-5-8(12,4-11)6-1-2-6/h6-7,12H,1-5,11H2. The molecule has 0 amide bonds. The number of aliphatic hydroxyl groups is 1. The van der Waals surface area contributed by atoms with Gasteiger partial charge < -0.3 is 15.6 Å². The van der Waals surface area contributed by atoms with Crippen LogP contribution in [0.25, 0.3) is 0 Å². The van der Waals surface area contributed by atoms with Gasteiger partial charge in [-0.3, -0.25) is 0 Å². The molecule has 3 nitrogen and oxygen atoms in total. The van der Waals surface area contributed by atoms with Crippen molar-refractivity contribution in [1.82, 2.24) is 0 Å². The molecule has 1 rings (SSSR count). The molecule has 1 unspecified atom stereocenters. The Hall–Kier alpha value is -0.260. The minimum Gasteiger partial charge on any atom is -0.386 e. The Balaban J connectivity index is 2.23. The summed E-state index contributed by atoms with van der Waals surface area (Å²) in [6.07, 6.45) is -0.668. The van der Waals surface area contributed by atoms with Crippen LogP contribution in [-0.4, -0.2) is 36.9 Å². The lowest BCUT2D eigenvalue weighted by molar-refractivity contribution is -0.0778. The lowest BCUT2D eigenvalue weighted by atomic mass is 9.99. The fourth-order valence-corrected chi connectivity index (χ4v) is 1.29. The number of rotatable bonds is 6. The van der Waals surface area contributed by atoms with Gasteiger partial charge in [-0.15, -0.1) is 0 Å². The van der Waals surface area contributed by atoms with Gasteiger partial charge >= 0.3 is 0 Å². The second kappa shape index (κ2) is 4.30. The van der Waals surface area contributed by atoms with Gasteiger partial charge in [0.1, 0.15) is 12.2 Å². The number of hydrogen-bond acceptors (Lipinski definition) is 3. The van der Waals surface area contributed by atoms with Crippen molar-refractivity contribution in [2.24, 2.45) is 11.7 Å². The van der Waals surface area contributed by atoms with Crippen LogP contribution in [0.1, 0.15) is 12.8 Å². The van der Waals surface area contributed by atoms with Gasteiger partial charge in [0.15, 0.2) is 0 Å². The fourth-order valence-electron chi connectivity index (χ4n) is 1.29. The molecule has 0 aliphatic heterocycles. The third-order valence-corrected chi connectivity index (χ3v) is 2.29. The van der Waals surface area contributed by atoms with Crippen molar-refractivity contribution in [3.63, 3.8) is 0 Å². The maximum atomic E-state index is 11.7. The largest absolute Gasteiger partial charge is 0.386 e. The summed E-state index contributed by atoms with van der Waals surface area (Å²) >= 11 is 0. The molecule has 1 atom stereocenters. The molecule has 1 saturated carbocycles. The van der Waals surface area contributed by atoms with E-state index >= 15 is 0 Å². The van der Waals surface area contributed by atoms with Gasteiger partial charge in [-0.05, 0) is 18.8 Å². The van der Waals surface area contributed by atoms with Crippen LogP contribution in [0.5, 0.6) is 0 Å². The zero-order valence-corrected chi connectivity index (χ0v) is 7.38. The van der Waals surface area contributed by atoms with Crippen LogP contribution in [0.4, 0.5) is 8.78 Å². The van der Waals surface area contributed by atoms with E-state index in [1.165, 1.54) is 0 Å². The smallest absolute Gasteiger partial charge is 0.261 e. The highest BCUT2D eigenvalue weighted by Gasteiger charge is 2.43. The van der Waals surface area contributed by atoms with Gasteiger partial charge in [0.25, 0.3) is 6.43 Å². The molecule has 78 valence electrons. The molecule has 0 bridgehead atoms. The second-order valence-corrected chi connectivity index (χ2v) is 3.49. The van der Waals surface area contributed by atoms with Crippen molar-refractivity contribution in [2.75, 3.05) is 19.8 Å². The molecule has 0 aromatic carbocycles. The van der Waals surface area contributed by atoms with Crippen molar-refractivity contribution < 1.29 is 18.6 Å². The lowest BCUT2D eigenvalue weighted by Gasteiger charge is -2.25. The fraction of sp³-hybridized carbons (Fsp3) is 1.00. The Morgan fingerprint density at radius 1 is 1.54 bits per heavy atom. The van der Waals surface area contributed by atoms with Crippen LogP contribution in [0.2, 0.25) is 0 Å². The number of hydrogen-bond donors (Lipinski definition) is 2. The summed E-state index contributed by atoms with van der Waals surface area (Å²) in [5.41, 5.74) is 4.26. The molecule has 1 fully saturated rings. The summed E-state index contributed by atoms with van der Waals surface area (Å²) in [7, 11) is 0. The average Bonchev–Trinajstić information content (AvgIpc) is 2.85. The maximum absolute atomic E-state index is 11.7. The number of nitrogens with two attached hydrogens (primary N) is 1. The van der Waals surface area contributed by atoms with Crippen molar-refractivity contribution in [3.8, 4) is 0 Å². The second-order valence-electron chi connectivity index (χ2n) is 3.49. The summed E-state index contributed by atoms with van der Waals surface area (Å²) in [5, 5.41) is 9.78. The summed E-state index contributed by atoms with van der Waals surface area (Å²) in [4.78, 5) is 0. The Morgan fingerprint density at radius 3 is 2.54 bits per heavy atom. The first-order valence-electron chi connectivity index (χ1n) is 4.37. The van der Waals surface area contributed by atoms with Crippen molar-refractivity contribution in [3.05, 3.63) is 0 Å². The van der Waals surface area contributed by atoms with Gasteiger partial charge in [0, 0.05) is 6.54 Å². The Labute approximate surface area is 75.9 Å². The minimum atomic E-state index is -2.48. The first-order valence-corrected chi connectivity index (χ1v) is 4.37. The van der Waals surface area contributed by atoms with Crippen molar-refractivity contribution >= 4 is 0 Å². The van der Waals surface area contributed by atoms with Crippen LogP contribution >= 0.6 is 0 Å². The minimum absolute atomic E-state index is 0.0703. The SMILES string of the molecule is NCC(O)(COCC(F)F)C1CC1. The molecule has 1 aliphatic carbocycles.